The number of benzene rings is 1. The number of nitrogens with one attached hydrogen (secondary N) is 1. The third-order valence-corrected chi connectivity index (χ3v) is 4.80. The van der Waals surface area contributed by atoms with Crippen LogP contribution in [0.3, 0.4) is 0 Å². The van der Waals surface area contributed by atoms with E-state index in [2.05, 4.69) is 43.4 Å². The SMILES string of the molecule is CCCNC(c1ccc(SCC)cc1)C1CCOCC1. The van der Waals surface area contributed by atoms with Crippen LogP contribution in [-0.4, -0.2) is 25.5 Å². The van der Waals surface area contributed by atoms with Crippen molar-refractivity contribution in [2.75, 3.05) is 25.5 Å². The van der Waals surface area contributed by atoms with Crippen molar-refractivity contribution in [1.29, 1.82) is 0 Å². The maximum Gasteiger partial charge on any atom is 0.0469 e. The lowest BCUT2D eigenvalue weighted by Gasteiger charge is -2.31. The fourth-order valence-electron chi connectivity index (χ4n) is 2.84. The summed E-state index contributed by atoms with van der Waals surface area (Å²) in [5.74, 6) is 1.84. The molecule has 0 bridgehead atoms. The maximum atomic E-state index is 5.51. The van der Waals surface area contributed by atoms with Gasteiger partial charge >= 0.3 is 0 Å². The zero-order valence-corrected chi connectivity index (χ0v) is 13.5. The van der Waals surface area contributed by atoms with E-state index < -0.39 is 0 Å². The van der Waals surface area contributed by atoms with Crippen LogP contribution in [0.2, 0.25) is 0 Å². The first kappa shape index (κ1) is 15.9. The average molecular weight is 293 g/mol. The lowest BCUT2D eigenvalue weighted by molar-refractivity contribution is 0.0536. The topological polar surface area (TPSA) is 21.3 Å². The molecular weight excluding hydrogens is 266 g/mol. The number of hydrogen-bond donors (Lipinski definition) is 1. The van der Waals surface area contributed by atoms with Crippen molar-refractivity contribution in [3.05, 3.63) is 29.8 Å². The molecule has 0 saturated carbocycles. The molecule has 0 spiro atoms. The second kappa shape index (κ2) is 8.71. The van der Waals surface area contributed by atoms with Gasteiger partial charge in [-0.1, -0.05) is 26.0 Å². The van der Waals surface area contributed by atoms with Crippen molar-refractivity contribution >= 4 is 11.8 Å². The molecule has 0 aromatic heterocycles. The minimum absolute atomic E-state index is 0.486. The van der Waals surface area contributed by atoms with Crippen LogP contribution >= 0.6 is 11.8 Å². The van der Waals surface area contributed by atoms with Gasteiger partial charge in [-0.2, -0.15) is 0 Å². The molecular formula is C17H27NOS. The van der Waals surface area contributed by atoms with Crippen molar-refractivity contribution in [3.63, 3.8) is 0 Å². The Morgan fingerprint density at radius 2 is 1.90 bits per heavy atom. The summed E-state index contributed by atoms with van der Waals surface area (Å²) < 4.78 is 5.51. The molecule has 112 valence electrons. The van der Waals surface area contributed by atoms with Crippen molar-refractivity contribution in [3.8, 4) is 0 Å². The van der Waals surface area contributed by atoms with Gasteiger partial charge in [0.25, 0.3) is 0 Å². The molecule has 1 atom stereocenters. The van der Waals surface area contributed by atoms with Crippen LogP contribution in [0.1, 0.15) is 44.7 Å². The molecule has 1 heterocycles. The average Bonchev–Trinajstić information content (AvgIpc) is 2.51. The Bertz CT molecular complexity index is 373. The Labute approximate surface area is 127 Å². The summed E-state index contributed by atoms with van der Waals surface area (Å²) >= 11 is 1.91. The van der Waals surface area contributed by atoms with E-state index in [4.69, 9.17) is 4.74 Å². The smallest absolute Gasteiger partial charge is 0.0469 e. The molecule has 2 nitrogen and oxygen atoms in total. The van der Waals surface area contributed by atoms with Crippen molar-refractivity contribution in [2.24, 2.45) is 5.92 Å². The summed E-state index contributed by atoms with van der Waals surface area (Å²) in [4.78, 5) is 1.37. The van der Waals surface area contributed by atoms with E-state index in [-0.39, 0.29) is 0 Å². The first-order chi connectivity index (χ1) is 9.85. The van der Waals surface area contributed by atoms with Gasteiger partial charge in [-0.15, -0.1) is 11.8 Å². The van der Waals surface area contributed by atoms with Gasteiger partial charge in [0.15, 0.2) is 0 Å². The van der Waals surface area contributed by atoms with Crippen LogP contribution in [0.5, 0.6) is 0 Å². The van der Waals surface area contributed by atoms with Gasteiger partial charge in [0, 0.05) is 24.2 Å². The van der Waals surface area contributed by atoms with Crippen molar-refractivity contribution in [1.82, 2.24) is 5.32 Å². The molecule has 20 heavy (non-hydrogen) atoms. The first-order valence-corrected chi connectivity index (χ1v) is 8.87. The van der Waals surface area contributed by atoms with Gasteiger partial charge in [-0.05, 0) is 55.2 Å². The minimum atomic E-state index is 0.486. The van der Waals surface area contributed by atoms with Crippen molar-refractivity contribution < 1.29 is 4.74 Å². The minimum Gasteiger partial charge on any atom is -0.381 e. The van der Waals surface area contributed by atoms with E-state index in [9.17, 15) is 0 Å². The lowest BCUT2D eigenvalue weighted by Crippen LogP contribution is -2.32. The van der Waals surface area contributed by atoms with E-state index in [0.29, 0.717) is 12.0 Å². The summed E-state index contributed by atoms with van der Waals surface area (Å²) in [5.41, 5.74) is 1.44. The van der Waals surface area contributed by atoms with Gasteiger partial charge in [-0.25, -0.2) is 0 Å². The Hall–Kier alpha value is -0.510. The number of hydrogen-bond acceptors (Lipinski definition) is 3. The Balaban J connectivity index is 2.07. The fraction of sp³-hybridized carbons (Fsp3) is 0.647. The lowest BCUT2D eigenvalue weighted by atomic mass is 9.87. The molecule has 3 heteroatoms. The Morgan fingerprint density at radius 3 is 2.50 bits per heavy atom. The molecule has 1 N–H and O–H groups in total. The molecule has 1 aliphatic rings. The van der Waals surface area contributed by atoms with E-state index in [1.807, 2.05) is 11.8 Å². The molecule has 1 saturated heterocycles. The van der Waals surface area contributed by atoms with E-state index in [1.54, 1.807) is 0 Å². The maximum absolute atomic E-state index is 5.51. The zero-order chi connectivity index (χ0) is 14.2. The highest BCUT2D eigenvalue weighted by atomic mass is 32.2. The summed E-state index contributed by atoms with van der Waals surface area (Å²) in [5, 5.41) is 3.74. The van der Waals surface area contributed by atoms with E-state index in [1.165, 1.54) is 29.7 Å². The van der Waals surface area contributed by atoms with Crippen LogP contribution in [0.15, 0.2) is 29.2 Å². The molecule has 1 unspecified atom stereocenters. The summed E-state index contributed by atoms with van der Waals surface area (Å²) in [6.45, 7) is 7.35. The second-order valence-corrected chi connectivity index (χ2v) is 6.72. The number of thioether (sulfide) groups is 1. The summed E-state index contributed by atoms with van der Waals surface area (Å²) in [6.07, 6.45) is 3.53. The highest BCUT2D eigenvalue weighted by Gasteiger charge is 2.24. The quantitative estimate of drug-likeness (QED) is 0.759. The van der Waals surface area contributed by atoms with Crippen LogP contribution in [0, 0.1) is 5.92 Å². The Morgan fingerprint density at radius 1 is 1.20 bits per heavy atom. The number of ether oxygens (including phenoxy) is 1. The van der Waals surface area contributed by atoms with Gasteiger partial charge in [0.05, 0.1) is 0 Å². The van der Waals surface area contributed by atoms with Gasteiger partial charge in [0.1, 0.15) is 0 Å². The largest absolute Gasteiger partial charge is 0.381 e. The summed E-state index contributed by atoms with van der Waals surface area (Å²) in [7, 11) is 0. The molecule has 2 rings (SSSR count). The van der Waals surface area contributed by atoms with Crippen LogP contribution in [0.25, 0.3) is 0 Å². The first-order valence-electron chi connectivity index (χ1n) is 7.89. The molecule has 1 aromatic carbocycles. The monoisotopic (exact) mass is 293 g/mol. The zero-order valence-electron chi connectivity index (χ0n) is 12.7. The van der Waals surface area contributed by atoms with E-state index in [0.717, 1.165) is 25.5 Å². The Kier molecular flexibility index (Phi) is 6.91. The predicted octanol–water partition coefficient (Wildman–Crippen LogP) is 4.27. The standard InChI is InChI=1S/C17H27NOS/c1-3-11-18-17(15-9-12-19-13-10-15)14-5-7-16(8-6-14)20-4-2/h5-8,15,17-18H,3-4,9-13H2,1-2H3. The normalized spacial score (nSPS) is 18.1. The fourth-order valence-corrected chi connectivity index (χ4v) is 3.51. The molecule has 1 fully saturated rings. The molecule has 0 amide bonds. The van der Waals surface area contributed by atoms with Gasteiger partial charge in [-0.3, -0.25) is 0 Å². The molecule has 1 aliphatic heterocycles. The molecule has 0 radical (unpaired) electrons. The highest BCUT2D eigenvalue weighted by molar-refractivity contribution is 7.99. The van der Waals surface area contributed by atoms with Crippen LogP contribution in [0.4, 0.5) is 0 Å². The third-order valence-electron chi connectivity index (χ3n) is 3.90. The molecule has 1 aromatic rings. The van der Waals surface area contributed by atoms with Crippen LogP contribution in [-0.2, 0) is 4.74 Å². The third kappa shape index (κ3) is 4.51. The summed E-state index contributed by atoms with van der Waals surface area (Å²) in [6, 6.07) is 9.63. The second-order valence-electron chi connectivity index (χ2n) is 5.38. The predicted molar refractivity (Wildman–Crippen MR) is 87.4 cm³/mol. The number of rotatable bonds is 7. The van der Waals surface area contributed by atoms with Crippen molar-refractivity contribution in [2.45, 2.75) is 44.0 Å². The van der Waals surface area contributed by atoms with E-state index >= 15 is 0 Å². The van der Waals surface area contributed by atoms with Gasteiger partial charge in [0.2, 0.25) is 0 Å². The van der Waals surface area contributed by atoms with Crippen LogP contribution < -0.4 is 5.32 Å². The highest BCUT2D eigenvalue weighted by Crippen LogP contribution is 2.31. The molecule has 0 aliphatic carbocycles. The van der Waals surface area contributed by atoms with Gasteiger partial charge < -0.3 is 10.1 Å².